The molecule has 1 amide bonds. The van der Waals surface area contributed by atoms with E-state index in [0.717, 1.165) is 18.6 Å². The molecule has 1 aromatic carbocycles. The Kier molecular flexibility index (Phi) is 3.54. The number of aryl methyl sites for hydroxylation is 1. The number of carbonyl (C=O) groups excluding carboxylic acids is 1. The normalized spacial score (nSPS) is 16.6. The van der Waals surface area contributed by atoms with E-state index in [1.165, 1.54) is 6.92 Å². The summed E-state index contributed by atoms with van der Waals surface area (Å²) < 4.78 is 27.0. The first kappa shape index (κ1) is 13.9. The number of rotatable bonds is 3. The number of halogens is 2. The standard InChI is InChI=1S/C13H14F2N2OS/c1-7-5-9(15)10(6-8(7)14)17-12(18)13(11(16)19)3-2-4-13/h5-6H,2-4H2,1H3,(H2,16,19)(H,17,18). The first-order chi connectivity index (χ1) is 8.86. The van der Waals surface area contributed by atoms with Gasteiger partial charge in [0.2, 0.25) is 5.91 Å². The maximum atomic E-state index is 13.7. The third-order valence-corrected chi connectivity index (χ3v) is 4.00. The summed E-state index contributed by atoms with van der Waals surface area (Å²) in [6, 6.07) is 2.01. The van der Waals surface area contributed by atoms with Crippen molar-refractivity contribution in [1.82, 2.24) is 0 Å². The zero-order valence-electron chi connectivity index (χ0n) is 10.4. The summed E-state index contributed by atoms with van der Waals surface area (Å²) in [4.78, 5) is 12.2. The number of amides is 1. The van der Waals surface area contributed by atoms with Crippen LogP contribution in [0, 0.1) is 24.0 Å². The summed E-state index contributed by atoms with van der Waals surface area (Å²) >= 11 is 4.90. The van der Waals surface area contributed by atoms with Crippen LogP contribution in [-0.4, -0.2) is 10.9 Å². The van der Waals surface area contributed by atoms with Crippen LogP contribution >= 0.6 is 12.2 Å². The second kappa shape index (κ2) is 4.85. The molecule has 0 heterocycles. The van der Waals surface area contributed by atoms with E-state index < -0.39 is 23.0 Å². The van der Waals surface area contributed by atoms with E-state index in [2.05, 4.69) is 5.32 Å². The molecule has 0 unspecified atom stereocenters. The Morgan fingerprint density at radius 2 is 2.00 bits per heavy atom. The van der Waals surface area contributed by atoms with E-state index in [9.17, 15) is 13.6 Å². The first-order valence-corrected chi connectivity index (χ1v) is 6.34. The van der Waals surface area contributed by atoms with Gasteiger partial charge in [-0.1, -0.05) is 18.6 Å². The number of hydrogen-bond acceptors (Lipinski definition) is 2. The quantitative estimate of drug-likeness (QED) is 0.839. The van der Waals surface area contributed by atoms with Gasteiger partial charge in [0.05, 0.1) is 16.1 Å². The Bertz CT molecular complexity index is 556. The van der Waals surface area contributed by atoms with Gasteiger partial charge < -0.3 is 11.1 Å². The van der Waals surface area contributed by atoms with Crippen molar-refractivity contribution in [2.45, 2.75) is 26.2 Å². The number of thiocarbonyl (C=S) groups is 1. The molecule has 0 saturated heterocycles. The highest BCUT2D eigenvalue weighted by atomic mass is 32.1. The summed E-state index contributed by atoms with van der Waals surface area (Å²) in [7, 11) is 0. The maximum absolute atomic E-state index is 13.7. The van der Waals surface area contributed by atoms with Gasteiger partial charge in [-0.2, -0.15) is 0 Å². The lowest BCUT2D eigenvalue weighted by Gasteiger charge is -2.39. The third-order valence-electron chi connectivity index (χ3n) is 3.61. The van der Waals surface area contributed by atoms with Gasteiger partial charge in [-0.15, -0.1) is 0 Å². The molecule has 2 rings (SSSR count). The Morgan fingerprint density at radius 1 is 1.37 bits per heavy atom. The zero-order valence-corrected chi connectivity index (χ0v) is 11.2. The molecule has 6 heteroatoms. The fourth-order valence-corrected chi connectivity index (χ4v) is 2.40. The predicted molar refractivity (Wildman–Crippen MR) is 72.8 cm³/mol. The van der Waals surface area contributed by atoms with Crippen molar-refractivity contribution in [3.63, 3.8) is 0 Å². The molecule has 1 aliphatic carbocycles. The minimum absolute atomic E-state index is 0.101. The van der Waals surface area contributed by atoms with E-state index in [1.807, 2.05) is 0 Å². The SMILES string of the molecule is Cc1cc(F)c(NC(=O)C2(C(N)=S)CCC2)cc1F. The summed E-state index contributed by atoms with van der Waals surface area (Å²) in [5.74, 6) is -1.72. The fourth-order valence-electron chi connectivity index (χ4n) is 2.10. The second-order valence-corrected chi connectivity index (χ2v) is 5.28. The predicted octanol–water partition coefficient (Wildman–Crippen LogP) is 2.67. The number of carbonyl (C=O) groups is 1. The fraction of sp³-hybridized carbons (Fsp3) is 0.385. The average molecular weight is 284 g/mol. The van der Waals surface area contributed by atoms with Gasteiger partial charge in [0.1, 0.15) is 11.6 Å². The number of nitrogens with one attached hydrogen (secondary N) is 1. The van der Waals surface area contributed by atoms with Crippen LogP contribution in [0.15, 0.2) is 12.1 Å². The molecule has 0 spiro atoms. The van der Waals surface area contributed by atoms with E-state index in [1.54, 1.807) is 0 Å². The van der Waals surface area contributed by atoms with Crippen molar-refractivity contribution in [3.05, 3.63) is 29.3 Å². The van der Waals surface area contributed by atoms with Gasteiger partial charge >= 0.3 is 0 Å². The van der Waals surface area contributed by atoms with Crippen LogP contribution in [0.25, 0.3) is 0 Å². The molecule has 3 nitrogen and oxygen atoms in total. The summed E-state index contributed by atoms with van der Waals surface area (Å²) in [6.07, 6.45) is 1.93. The molecule has 3 N–H and O–H groups in total. The minimum atomic E-state index is -0.914. The zero-order chi connectivity index (χ0) is 14.2. The smallest absolute Gasteiger partial charge is 0.237 e. The van der Waals surface area contributed by atoms with Gasteiger partial charge in [0, 0.05) is 6.07 Å². The molecular formula is C13H14F2N2OS. The number of hydrogen-bond donors (Lipinski definition) is 2. The van der Waals surface area contributed by atoms with Gasteiger partial charge in [-0.05, 0) is 31.4 Å². The summed E-state index contributed by atoms with van der Waals surface area (Å²) in [5.41, 5.74) is 4.67. The second-order valence-electron chi connectivity index (χ2n) is 4.84. The molecule has 0 aromatic heterocycles. The molecule has 1 aliphatic rings. The molecule has 102 valence electrons. The highest BCUT2D eigenvalue weighted by molar-refractivity contribution is 7.80. The van der Waals surface area contributed by atoms with Crippen LogP contribution in [0.1, 0.15) is 24.8 Å². The molecule has 1 saturated carbocycles. The molecule has 0 aliphatic heterocycles. The molecule has 0 bridgehead atoms. The van der Waals surface area contributed by atoms with Gasteiger partial charge in [0.25, 0.3) is 0 Å². The van der Waals surface area contributed by atoms with E-state index in [4.69, 9.17) is 18.0 Å². The van der Waals surface area contributed by atoms with Gasteiger partial charge in [-0.3, -0.25) is 4.79 Å². The molecule has 0 radical (unpaired) electrons. The Morgan fingerprint density at radius 3 is 2.47 bits per heavy atom. The lowest BCUT2D eigenvalue weighted by atomic mass is 9.68. The van der Waals surface area contributed by atoms with Crippen LogP contribution in [0.4, 0.5) is 14.5 Å². The van der Waals surface area contributed by atoms with Crippen molar-refractivity contribution < 1.29 is 13.6 Å². The van der Waals surface area contributed by atoms with Crippen LogP contribution in [0.3, 0.4) is 0 Å². The Labute approximate surface area is 115 Å². The van der Waals surface area contributed by atoms with Crippen molar-refractivity contribution >= 4 is 28.8 Å². The van der Waals surface area contributed by atoms with Crippen molar-refractivity contribution in [3.8, 4) is 0 Å². The minimum Gasteiger partial charge on any atom is -0.392 e. The van der Waals surface area contributed by atoms with Crippen molar-refractivity contribution in [2.24, 2.45) is 11.1 Å². The van der Waals surface area contributed by atoms with E-state index >= 15 is 0 Å². The number of nitrogens with two attached hydrogens (primary N) is 1. The largest absolute Gasteiger partial charge is 0.392 e. The lowest BCUT2D eigenvalue weighted by Crippen LogP contribution is -2.50. The molecule has 1 aromatic rings. The molecular weight excluding hydrogens is 270 g/mol. The van der Waals surface area contributed by atoms with Gasteiger partial charge in [0.15, 0.2) is 0 Å². The highest BCUT2D eigenvalue weighted by Crippen LogP contribution is 2.42. The number of benzene rings is 1. The summed E-state index contributed by atoms with van der Waals surface area (Å²) in [6.45, 7) is 1.45. The Hall–Kier alpha value is -1.56. The molecule has 0 atom stereocenters. The topological polar surface area (TPSA) is 55.1 Å². The first-order valence-electron chi connectivity index (χ1n) is 5.94. The average Bonchev–Trinajstić information content (AvgIpc) is 2.23. The van der Waals surface area contributed by atoms with Crippen molar-refractivity contribution in [2.75, 3.05) is 5.32 Å². The molecule has 1 fully saturated rings. The molecule has 19 heavy (non-hydrogen) atoms. The van der Waals surface area contributed by atoms with Crippen LogP contribution in [0.5, 0.6) is 0 Å². The van der Waals surface area contributed by atoms with E-state index in [-0.39, 0.29) is 16.2 Å². The monoisotopic (exact) mass is 284 g/mol. The van der Waals surface area contributed by atoms with Crippen LogP contribution in [0.2, 0.25) is 0 Å². The third kappa shape index (κ3) is 2.32. The van der Waals surface area contributed by atoms with Gasteiger partial charge in [-0.25, -0.2) is 8.78 Å². The van der Waals surface area contributed by atoms with Crippen molar-refractivity contribution in [1.29, 1.82) is 0 Å². The van der Waals surface area contributed by atoms with Crippen LogP contribution < -0.4 is 11.1 Å². The number of anilines is 1. The van der Waals surface area contributed by atoms with Crippen LogP contribution in [-0.2, 0) is 4.79 Å². The lowest BCUT2D eigenvalue weighted by molar-refractivity contribution is -0.125. The highest BCUT2D eigenvalue weighted by Gasteiger charge is 2.47. The maximum Gasteiger partial charge on any atom is 0.237 e. The van der Waals surface area contributed by atoms with E-state index in [0.29, 0.717) is 12.8 Å². The Balaban J connectivity index is 2.24. The summed E-state index contributed by atoms with van der Waals surface area (Å²) in [5, 5.41) is 2.38.